The second-order valence-corrected chi connectivity index (χ2v) is 10.8. The van der Waals surface area contributed by atoms with Crippen LogP contribution in [-0.4, -0.2) is 18.5 Å². The van der Waals surface area contributed by atoms with Crippen LogP contribution in [0.4, 0.5) is 0 Å². The van der Waals surface area contributed by atoms with Gasteiger partial charge in [0.05, 0.1) is 0 Å². The van der Waals surface area contributed by atoms with Crippen molar-refractivity contribution >= 4 is 31.9 Å². The minimum Gasteiger partial charge on any atom is -0.344 e. The van der Waals surface area contributed by atoms with Crippen LogP contribution in [0.25, 0.3) is 0 Å². The Hall–Kier alpha value is 1.12. The molecule has 0 saturated heterocycles. The molecule has 168 valence electrons. The van der Waals surface area contributed by atoms with Gasteiger partial charge in [0.2, 0.25) is 0 Å². The third kappa shape index (κ3) is 27.1. The van der Waals surface area contributed by atoms with E-state index in [1.165, 1.54) is 116 Å². The van der Waals surface area contributed by atoms with E-state index in [-0.39, 0.29) is 30.1 Å². The number of unbranched alkanes of at least 4 members (excludes halogenated alkanes) is 15. The van der Waals surface area contributed by atoms with Crippen LogP contribution in [0.2, 0.25) is 0 Å². The van der Waals surface area contributed by atoms with Crippen molar-refractivity contribution in [2.45, 2.75) is 136 Å². The minimum absolute atomic E-state index is 0. The van der Waals surface area contributed by atoms with E-state index >= 15 is 0 Å². The van der Waals surface area contributed by atoms with E-state index in [4.69, 9.17) is 0 Å². The smallest absolute Gasteiger partial charge is 0.0326 e. The average Bonchev–Trinajstić information content (AvgIpc) is 2.63. The molecule has 0 aromatic heterocycles. The van der Waals surface area contributed by atoms with Crippen molar-refractivity contribution in [3.63, 3.8) is 0 Å². The van der Waals surface area contributed by atoms with Gasteiger partial charge in [-0.1, -0.05) is 117 Å². The average molecular weight is 516 g/mol. The van der Waals surface area contributed by atoms with Crippen molar-refractivity contribution in [2.75, 3.05) is 18.5 Å². The quantitative estimate of drug-likeness (QED) is 0.0921. The molecule has 0 rings (SSSR count). The molecule has 3 N–H and O–H groups in total. The summed E-state index contributed by atoms with van der Waals surface area (Å²) in [4.78, 5) is 0. The van der Waals surface area contributed by atoms with Crippen LogP contribution in [0.1, 0.15) is 136 Å². The Balaban J connectivity index is -0.00000288. The van der Waals surface area contributed by atoms with Gasteiger partial charge in [-0.3, -0.25) is 0 Å². The van der Waals surface area contributed by atoms with Gasteiger partial charge in [0.15, 0.2) is 0 Å². The van der Waals surface area contributed by atoms with Crippen molar-refractivity contribution in [3.05, 3.63) is 0 Å². The van der Waals surface area contributed by atoms with E-state index in [2.05, 4.69) is 20.8 Å². The Bertz CT molecular complexity index is 200. The maximum absolute atomic E-state index is 2.32. The predicted molar refractivity (Wildman–Crippen MR) is 142 cm³/mol. The van der Waals surface area contributed by atoms with E-state index in [1.54, 1.807) is 18.5 Å². The summed E-state index contributed by atoms with van der Waals surface area (Å²) >= 11 is 0. The van der Waals surface area contributed by atoms with Crippen LogP contribution >= 0.6 is 31.9 Å². The number of rotatable bonds is 21. The van der Waals surface area contributed by atoms with E-state index in [1.807, 2.05) is 0 Å². The molecule has 0 aromatic rings. The maximum Gasteiger partial charge on any atom is -0.0326 e. The van der Waals surface area contributed by atoms with Gasteiger partial charge in [-0.2, -0.15) is 0 Å². The zero-order chi connectivity index (χ0) is 18.4. The standard InChI is InChI=1S/C24H51P.HI.H3N/c1-4-7-10-13-16-19-22-25(23-20-17-14-11-8-5-2)24-21-18-15-12-9-6-3;;/h4-24H2,1-3H3;1H;1H3. The predicted octanol–water partition coefficient (Wildman–Crippen LogP) is 10.3. The van der Waals surface area contributed by atoms with Gasteiger partial charge < -0.3 is 6.15 Å². The van der Waals surface area contributed by atoms with Crippen molar-refractivity contribution in [2.24, 2.45) is 0 Å². The molecule has 1 nitrogen and oxygen atoms in total. The lowest BCUT2D eigenvalue weighted by atomic mass is 10.1. The Kier molecular flexibility index (Phi) is 35.6. The van der Waals surface area contributed by atoms with Crippen LogP contribution in [0.3, 0.4) is 0 Å². The van der Waals surface area contributed by atoms with Gasteiger partial charge in [-0.15, -0.1) is 31.9 Å². The monoisotopic (exact) mass is 515 g/mol. The first-order valence-corrected chi connectivity index (χ1v) is 14.0. The molecule has 0 bridgehead atoms. The third-order valence-corrected chi connectivity index (χ3v) is 8.33. The molecule has 27 heavy (non-hydrogen) atoms. The van der Waals surface area contributed by atoms with Gasteiger partial charge in [0.25, 0.3) is 0 Å². The highest BCUT2D eigenvalue weighted by molar-refractivity contribution is 14.0. The first-order chi connectivity index (χ1) is 12.3. The second kappa shape index (κ2) is 29.3. The molecule has 0 amide bonds. The lowest BCUT2D eigenvalue weighted by Gasteiger charge is -2.18. The molecule has 0 aromatic carbocycles. The number of hydrogen-bond donors (Lipinski definition) is 1. The molecule has 0 aliphatic carbocycles. The van der Waals surface area contributed by atoms with Crippen LogP contribution in [0.15, 0.2) is 0 Å². The highest BCUT2D eigenvalue weighted by atomic mass is 127. The molecule has 0 aliphatic rings. The fourth-order valence-electron chi connectivity index (χ4n) is 3.68. The van der Waals surface area contributed by atoms with Crippen molar-refractivity contribution < 1.29 is 0 Å². The second-order valence-electron chi connectivity index (χ2n) is 8.14. The minimum atomic E-state index is 0. The summed E-state index contributed by atoms with van der Waals surface area (Å²) in [5.41, 5.74) is 0. The molecule has 0 atom stereocenters. The summed E-state index contributed by atoms with van der Waals surface area (Å²) < 4.78 is 0. The summed E-state index contributed by atoms with van der Waals surface area (Å²) in [5, 5.41) is 0. The SMILES string of the molecule is CCCCCCCCP(CCCCCCCC)CCCCCCCC.I.N. The van der Waals surface area contributed by atoms with E-state index < -0.39 is 0 Å². The molecule has 0 fully saturated rings. The first-order valence-electron chi connectivity index (χ1n) is 12.1. The van der Waals surface area contributed by atoms with Gasteiger partial charge in [-0.25, -0.2) is 0 Å². The van der Waals surface area contributed by atoms with Crippen LogP contribution < -0.4 is 6.15 Å². The van der Waals surface area contributed by atoms with E-state index in [0.29, 0.717) is 7.92 Å². The maximum atomic E-state index is 2.32. The first kappa shape index (κ1) is 32.8. The Morgan fingerprint density at radius 1 is 0.370 bits per heavy atom. The lowest BCUT2D eigenvalue weighted by Crippen LogP contribution is -1.97. The molecule has 0 heterocycles. The normalized spacial score (nSPS) is 10.7. The van der Waals surface area contributed by atoms with E-state index in [9.17, 15) is 0 Å². The molecule has 3 heteroatoms. The third-order valence-electron chi connectivity index (χ3n) is 5.48. The zero-order valence-electron chi connectivity index (χ0n) is 19.4. The Morgan fingerprint density at radius 2 is 0.593 bits per heavy atom. The molecule has 0 spiro atoms. The molecule has 0 saturated carbocycles. The van der Waals surface area contributed by atoms with Gasteiger partial charge >= 0.3 is 0 Å². The van der Waals surface area contributed by atoms with Crippen LogP contribution in [-0.2, 0) is 0 Å². The Labute approximate surface area is 192 Å². The van der Waals surface area contributed by atoms with Gasteiger partial charge in [0.1, 0.15) is 0 Å². The van der Waals surface area contributed by atoms with Crippen molar-refractivity contribution in [1.29, 1.82) is 0 Å². The van der Waals surface area contributed by atoms with E-state index in [0.717, 1.165) is 0 Å². The summed E-state index contributed by atoms with van der Waals surface area (Å²) in [7, 11) is 0.366. The summed E-state index contributed by atoms with van der Waals surface area (Å²) in [6.45, 7) is 6.96. The highest BCUT2D eigenvalue weighted by Crippen LogP contribution is 2.39. The molecule has 0 unspecified atom stereocenters. The molecular weight excluding hydrogens is 460 g/mol. The topological polar surface area (TPSA) is 35.0 Å². The fourth-order valence-corrected chi connectivity index (χ4v) is 6.37. The van der Waals surface area contributed by atoms with Gasteiger partial charge in [0, 0.05) is 0 Å². The summed E-state index contributed by atoms with van der Waals surface area (Å²) in [6.07, 6.45) is 31.2. The van der Waals surface area contributed by atoms with Crippen molar-refractivity contribution in [1.82, 2.24) is 6.15 Å². The number of hydrogen-bond acceptors (Lipinski definition) is 1. The lowest BCUT2D eigenvalue weighted by molar-refractivity contribution is 0.617. The molecule has 0 aliphatic heterocycles. The highest BCUT2D eigenvalue weighted by Gasteiger charge is 2.07. The van der Waals surface area contributed by atoms with Crippen LogP contribution in [0.5, 0.6) is 0 Å². The molecular formula is C24H55INP. The van der Waals surface area contributed by atoms with Gasteiger partial charge in [-0.05, 0) is 37.7 Å². The van der Waals surface area contributed by atoms with Crippen LogP contribution in [0, 0.1) is 0 Å². The fraction of sp³-hybridized carbons (Fsp3) is 1.00. The summed E-state index contributed by atoms with van der Waals surface area (Å²) in [6, 6.07) is 0. The van der Waals surface area contributed by atoms with Crippen molar-refractivity contribution in [3.8, 4) is 0 Å². The Morgan fingerprint density at radius 3 is 0.852 bits per heavy atom. The number of halogens is 1. The molecule has 0 radical (unpaired) electrons. The zero-order valence-corrected chi connectivity index (χ0v) is 22.6. The largest absolute Gasteiger partial charge is 0.344 e. The summed E-state index contributed by atoms with van der Waals surface area (Å²) in [5.74, 6) is 0.